The molecule has 17 nitrogen and oxygen atoms in total. The van der Waals surface area contributed by atoms with Crippen molar-refractivity contribution in [1.82, 2.24) is 0 Å². The van der Waals surface area contributed by atoms with Crippen LogP contribution < -0.4 is 0 Å². The van der Waals surface area contributed by atoms with Gasteiger partial charge in [0.1, 0.15) is 19.3 Å². The number of hydrogen-bond donors (Lipinski definition) is 3. The van der Waals surface area contributed by atoms with Gasteiger partial charge in [0.15, 0.2) is 12.2 Å². The van der Waals surface area contributed by atoms with Gasteiger partial charge in [0.2, 0.25) is 0 Å². The molecule has 3 N–H and O–H groups in total. The maximum atomic E-state index is 13.1. The molecule has 0 radical (unpaired) electrons. The Labute approximate surface area is 613 Å². The largest absolute Gasteiger partial charge is 0.472 e. The molecule has 0 fully saturated rings. The zero-order valence-electron chi connectivity index (χ0n) is 65.5. The fraction of sp³-hybridized carbons (Fsp3) is 0.951. The summed E-state index contributed by atoms with van der Waals surface area (Å²) in [6.45, 7) is 9.65. The van der Waals surface area contributed by atoms with Crippen LogP contribution in [0, 0.1) is 11.8 Å². The van der Waals surface area contributed by atoms with Crippen molar-refractivity contribution < 1.29 is 80.2 Å². The predicted octanol–water partition coefficient (Wildman–Crippen LogP) is 24.3. The van der Waals surface area contributed by atoms with E-state index in [1.165, 1.54) is 244 Å². The van der Waals surface area contributed by atoms with Crippen molar-refractivity contribution in [3.05, 3.63) is 0 Å². The Bertz CT molecular complexity index is 1930. The summed E-state index contributed by atoms with van der Waals surface area (Å²) in [4.78, 5) is 73.1. The topological polar surface area (TPSA) is 237 Å². The average molecular weight is 1470 g/mol. The Morgan fingerprint density at radius 1 is 0.290 bits per heavy atom. The van der Waals surface area contributed by atoms with Crippen LogP contribution in [0.5, 0.6) is 0 Å². The molecule has 19 heteroatoms. The standard InChI is InChI=1S/C81H158O17P2/c1-7-10-12-14-16-18-20-22-24-25-26-27-29-31-33-40-47-53-59-65-80(85)97-76(69-91-78(83)63-57-51-45-39-32-30-28-23-21-19-17-15-13-11-8-2)71-95-99(87,88)93-67-75(82)68-94-100(89,90)96-72-77(70-92-79(84)64-58-52-46-42-36-37-43-49-55-61-73(4)5)98-81(86)66-60-54-48-41-35-34-38-44-50-56-62-74(6)9-3/h73-77,82H,7-72H2,1-6H3,(H,87,88)(H,89,90)/t74?,75-,76-,77-/m1/s1. The van der Waals surface area contributed by atoms with Crippen LogP contribution >= 0.6 is 15.6 Å². The van der Waals surface area contributed by atoms with Crippen LogP contribution in [-0.2, 0) is 65.4 Å². The first-order valence-corrected chi connectivity index (χ1v) is 45.0. The monoisotopic (exact) mass is 1470 g/mol. The molecule has 0 spiro atoms. The molecule has 0 heterocycles. The summed E-state index contributed by atoms with van der Waals surface area (Å²) in [5, 5.41) is 10.6. The number of unbranched alkanes of at least 4 members (excludes halogenated alkanes) is 49. The lowest BCUT2D eigenvalue weighted by molar-refractivity contribution is -0.161. The highest BCUT2D eigenvalue weighted by Gasteiger charge is 2.30. The number of hydrogen-bond acceptors (Lipinski definition) is 15. The van der Waals surface area contributed by atoms with Crippen molar-refractivity contribution in [1.29, 1.82) is 0 Å². The SMILES string of the molecule is CCCCCCCCCCCCCCCCCCCCCC(=O)O[C@H](COC(=O)CCCCCCCCCCCCCCCCC)COP(=O)(O)OC[C@@H](O)COP(=O)(O)OC[C@@H](COC(=O)CCCCCCCCCCCC(C)C)OC(=O)CCCCCCCCCCCCC(C)CC. The summed E-state index contributed by atoms with van der Waals surface area (Å²) in [6, 6.07) is 0. The normalized spacial score (nSPS) is 14.2. The van der Waals surface area contributed by atoms with Crippen molar-refractivity contribution >= 4 is 39.5 Å². The summed E-state index contributed by atoms with van der Waals surface area (Å²) in [7, 11) is -9.92. The Hall–Kier alpha value is -1.94. The van der Waals surface area contributed by atoms with Crippen LogP contribution in [0.3, 0.4) is 0 Å². The summed E-state index contributed by atoms with van der Waals surface area (Å²) in [6.07, 6.45) is 62.3. The van der Waals surface area contributed by atoms with Gasteiger partial charge in [0.25, 0.3) is 0 Å². The van der Waals surface area contributed by atoms with Crippen LogP contribution in [0.2, 0.25) is 0 Å². The minimum absolute atomic E-state index is 0.106. The van der Waals surface area contributed by atoms with E-state index in [1.807, 2.05) is 0 Å². The maximum absolute atomic E-state index is 13.1. The Morgan fingerprint density at radius 2 is 0.510 bits per heavy atom. The number of carbonyl (C=O) groups excluding carboxylic acids is 4. The zero-order chi connectivity index (χ0) is 73.5. The molecule has 0 aliphatic rings. The van der Waals surface area contributed by atoms with Crippen molar-refractivity contribution in [2.24, 2.45) is 11.8 Å². The Balaban J connectivity index is 5.26. The molecule has 0 rings (SSSR count). The molecule has 0 bridgehead atoms. The molecule has 0 aromatic rings. The second-order valence-corrected chi connectivity index (χ2v) is 32.8. The second kappa shape index (κ2) is 72.6. The smallest absolute Gasteiger partial charge is 0.462 e. The summed E-state index contributed by atoms with van der Waals surface area (Å²) in [5.74, 6) is -0.561. The van der Waals surface area contributed by atoms with E-state index in [0.717, 1.165) is 102 Å². The van der Waals surface area contributed by atoms with Gasteiger partial charge in [-0.2, -0.15) is 0 Å². The molecule has 0 aromatic carbocycles. The summed E-state index contributed by atoms with van der Waals surface area (Å²) >= 11 is 0. The number of aliphatic hydroxyl groups is 1. The van der Waals surface area contributed by atoms with Gasteiger partial charge in [-0.25, -0.2) is 9.13 Å². The minimum Gasteiger partial charge on any atom is -0.462 e. The third-order valence-electron chi connectivity index (χ3n) is 19.3. The van der Waals surface area contributed by atoms with E-state index in [9.17, 15) is 43.2 Å². The van der Waals surface area contributed by atoms with E-state index < -0.39 is 97.5 Å². The number of esters is 4. The van der Waals surface area contributed by atoms with Gasteiger partial charge < -0.3 is 33.8 Å². The average Bonchev–Trinajstić information content (AvgIpc) is 0.935. The lowest BCUT2D eigenvalue weighted by atomic mass is 9.99. The number of phosphoric acid groups is 2. The van der Waals surface area contributed by atoms with E-state index in [-0.39, 0.29) is 25.7 Å². The molecular weight excluding hydrogens is 1310 g/mol. The Kier molecular flexibility index (Phi) is 71.2. The van der Waals surface area contributed by atoms with Gasteiger partial charge in [-0.15, -0.1) is 0 Å². The molecular formula is C81H158O17P2. The number of ether oxygens (including phenoxy) is 4. The van der Waals surface area contributed by atoms with E-state index >= 15 is 0 Å². The molecule has 0 saturated heterocycles. The summed E-state index contributed by atoms with van der Waals surface area (Å²) in [5.41, 5.74) is 0. The van der Waals surface area contributed by atoms with E-state index in [2.05, 4.69) is 41.5 Å². The Morgan fingerprint density at radius 3 is 0.760 bits per heavy atom. The lowest BCUT2D eigenvalue weighted by Crippen LogP contribution is -2.30. The fourth-order valence-corrected chi connectivity index (χ4v) is 14.1. The minimum atomic E-state index is -4.96. The molecule has 6 atom stereocenters. The van der Waals surface area contributed by atoms with Gasteiger partial charge >= 0.3 is 39.5 Å². The molecule has 594 valence electrons. The third kappa shape index (κ3) is 73.0. The van der Waals surface area contributed by atoms with Crippen LogP contribution in [0.4, 0.5) is 0 Å². The van der Waals surface area contributed by atoms with Crippen LogP contribution in [-0.4, -0.2) is 96.7 Å². The van der Waals surface area contributed by atoms with Crippen molar-refractivity contribution in [3.63, 3.8) is 0 Å². The van der Waals surface area contributed by atoms with Crippen LogP contribution in [0.25, 0.3) is 0 Å². The zero-order valence-corrected chi connectivity index (χ0v) is 67.3. The molecule has 0 aliphatic heterocycles. The van der Waals surface area contributed by atoms with Gasteiger partial charge in [-0.3, -0.25) is 37.3 Å². The van der Waals surface area contributed by atoms with Gasteiger partial charge in [-0.05, 0) is 37.5 Å². The van der Waals surface area contributed by atoms with Gasteiger partial charge in [0.05, 0.1) is 26.4 Å². The fourth-order valence-electron chi connectivity index (χ4n) is 12.5. The first-order chi connectivity index (χ1) is 48.4. The highest BCUT2D eigenvalue weighted by atomic mass is 31.2. The summed E-state index contributed by atoms with van der Waals surface area (Å²) < 4.78 is 68.8. The van der Waals surface area contributed by atoms with Gasteiger partial charge in [-0.1, -0.05) is 375 Å². The first-order valence-electron chi connectivity index (χ1n) is 42.0. The van der Waals surface area contributed by atoms with Crippen molar-refractivity contribution in [2.75, 3.05) is 39.6 Å². The number of rotatable bonds is 80. The van der Waals surface area contributed by atoms with E-state index in [4.69, 9.17) is 37.0 Å². The van der Waals surface area contributed by atoms with Crippen molar-refractivity contribution in [3.8, 4) is 0 Å². The van der Waals surface area contributed by atoms with Crippen LogP contribution in [0.15, 0.2) is 0 Å². The predicted molar refractivity (Wildman–Crippen MR) is 409 cm³/mol. The first kappa shape index (κ1) is 98.1. The molecule has 0 aliphatic carbocycles. The quantitative estimate of drug-likeness (QED) is 0.0222. The molecule has 0 saturated carbocycles. The van der Waals surface area contributed by atoms with E-state index in [1.54, 1.807) is 0 Å². The van der Waals surface area contributed by atoms with Gasteiger partial charge in [0, 0.05) is 25.7 Å². The number of phosphoric ester groups is 2. The highest BCUT2D eigenvalue weighted by molar-refractivity contribution is 7.47. The molecule has 0 amide bonds. The number of aliphatic hydroxyl groups excluding tert-OH is 1. The molecule has 0 aromatic heterocycles. The van der Waals surface area contributed by atoms with Crippen LogP contribution in [0.1, 0.15) is 427 Å². The number of carbonyl (C=O) groups is 4. The van der Waals surface area contributed by atoms with Crippen molar-refractivity contribution in [2.45, 2.75) is 445 Å². The second-order valence-electron chi connectivity index (χ2n) is 29.9. The molecule has 100 heavy (non-hydrogen) atoms. The lowest BCUT2D eigenvalue weighted by Gasteiger charge is -2.21. The highest BCUT2D eigenvalue weighted by Crippen LogP contribution is 2.45. The van der Waals surface area contributed by atoms with E-state index in [0.29, 0.717) is 25.7 Å². The molecule has 3 unspecified atom stereocenters. The maximum Gasteiger partial charge on any atom is 0.472 e. The third-order valence-corrected chi connectivity index (χ3v) is 21.2.